The van der Waals surface area contributed by atoms with Crippen molar-refractivity contribution < 1.29 is 8.42 Å². The predicted molar refractivity (Wildman–Crippen MR) is 88.0 cm³/mol. The maximum atomic E-state index is 12.8. The summed E-state index contributed by atoms with van der Waals surface area (Å²) in [7, 11) is -3.35. The van der Waals surface area contributed by atoms with E-state index in [0.29, 0.717) is 9.79 Å². The molecule has 3 aromatic rings. The van der Waals surface area contributed by atoms with E-state index in [-0.39, 0.29) is 0 Å². The van der Waals surface area contributed by atoms with E-state index in [9.17, 15) is 8.42 Å². The van der Waals surface area contributed by atoms with E-state index in [1.807, 2.05) is 49.6 Å². The zero-order valence-electron chi connectivity index (χ0n) is 11.5. The minimum Gasteiger partial charge on any atom is -0.218 e. The molecule has 1 aromatic carbocycles. The van der Waals surface area contributed by atoms with Gasteiger partial charge in [0.25, 0.3) is 0 Å². The molecule has 106 valence electrons. The molecule has 0 N–H and O–H groups in total. The Morgan fingerprint density at radius 2 is 1.62 bits per heavy atom. The number of hydrogen-bond donors (Lipinski definition) is 0. The van der Waals surface area contributed by atoms with E-state index in [1.165, 1.54) is 11.3 Å². The van der Waals surface area contributed by atoms with Gasteiger partial charge in [0.15, 0.2) is 0 Å². The molecule has 0 saturated heterocycles. The topological polar surface area (TPSA) is 34.1 Å². The monoisotopic (exact) mass is 332 g/mol. The highest BCUT2D eigenvalue weighted by Gasteiger charge is 2.40. The molecule has 2 aromatic heterocycles. The Labute approximate surface area is 131 Å². The smallest absolute Gasteiger partial charge is 0.210 e. The van der Waals surface area contributed by atoms with Crippen LogP contribution in [0.2, 0.25) is 0 Å². The van der Waals surface area contributed by atoms with Gasteiger partial charge in [0.2, 0.25) is 9.84 Å². The molecule has 0 amide bonds. The average Bonchev–Trinajstić information content (AvgIpc) is 3.06. The van der Waals surface area contributed by atoms with Crippen LogP contribution in [0.4, 0.5) is 0 Å². The second kappa shape index (κ2) is 4.29. The third-order valence-corrected chi connectivity index (χ3v) is 8.76. The summed E-state index contributed by atoms with van der Waals surface area (Å²) in [6.45, 7) is 3.79. The van der Waals surface area contributed by atoms with Crippen molar-refractivity contribution in [3.63, 3.8) is 0 Å². The molecule has 0 unspecified atom stereocenters. The fraction of sp³-hybridized carbons (Fsp3) is 0.125. The van der Waals surface area contributed by atoms with Crippen molar-refractivity contribution in [2.45, 2.75) is 23.6 Å². The van der Waals surface area contributed by atoms with E-state index in [2.05, 4.69) is 0 Å². The molecule has 0 spiro atoms. The van der Waals surface area contributed by atoms with Crippen molar-refractivity contribution in [3.8, 4) is 20.2 Å². The third-order valence-electron chi connectivity index (χ3n) is 3.79. The van der Waals surface area contributed by atoms with Crippen LogP contribution in [0, 0.1) is 13.8 Å². The highest BCUT2D eigenvalue weighted by Crippen LogP contribution is 2.55. The summed E-state index contributed by atoms with van der Waals surface area (Å²) in [5.74, 6) is 0. The second-order valence-electron chi connectivity index (χ2n) is 5.16. The SMILES string of the molecule is Cc1csc2c1S(=O)(=O)c1c-2sc(-c2ccccc2)c1C. The van der Waals surface area contributed by atoms with Gasteiger partial charge in [-0.2, -0.15) is 0 Å². The zero-order valence-corrected chi connectivity index (χ0v) is 14.0. The first kappa shape index (κ1) is 13.2. The Morgan fingerprint density at radius 3 is 2.33 bits per heavy atom. The number of thiophene rings is 2. The third kappa shape index (κ3) is 1.65. The molecule has 0 atom stereocenters. The highest BCUT2D eigenvalue weighted by molar-refractivity contribution is 7.92. The Hall–Kier alpha value is -1.43. The summed E-state index contributed by atoms with van der Waals surface area (Å²) in [6.07, 6.45) is 0. The predicted octanol–water partition coefficient (Wildman–Crippen LogP) is 4.91. The molecule has 1 aliphatic rings. The average molecular weight is 332 g/mol. The minimum absolute atomic E-state index is 0.524. The van der Waals surface area contributed by atoms with Crippen LogP contribution in [0.25, 0.3) is 20.2 Å². The molecule has 0 radical (unpaired) electrons. The van der Waals surface area contributed by atoms with Crippen molar-refractivity contribution in [2.75, 3.05) is 0 Å². The van der Waals surface area contributed by atoms with Gasteiger partial charge in [0.05, 0.1) is 19.5 Å². The van der Waals surface area contributed by atoms with Gasteiger partial charge < -0.3 is 0 Å². The molecule has 5 heteroatoms. The fourth-order valence-electron chi connectivity index (χ4n) is 2.86. The number of hydrogen-bond acceptors (Lipinski definition) is 4. The first-order chi connectivity index (χ1) is 10.0. The first-order valence-electron chi connectivity index (χ1n) is 6.54. The molecule has 21 heavy (non-hydrogen) atoms. The van der Waals surface area contributed by atoms with Crippen LogP contribution in [0.1, 0.15) is 11.1 Å². The van der Waals surface area contributed by atoms with Crippen molar-refractivity contribution >= 4 is 32.5 Å². The summed E-state index contributed by atoms with van der Waals surface area (Å²) >= 11 is 3.12. The van der Waals surface area contributed by atoms with Crippen molar-refractivity contribution in [1.82, 2.24) is 0 Å². The number of aryl methyl sites for hydroxylation is 1. The molecule has 0 bridgehead atoms. The first-order valence-corrected chi connectivity index (χ1v) is 9.72. The normalized spacial score (nSPS) is 15.0. The van der Waals surface area contributed by atoms with E-state index in [4.69, 9.17) is 0 Å². The van der Waals surface area contributed by atoms with Crippen LogP contribution in [-0.4, -0.2) is 8.42 Å². The summed E-state index contributed by atoms with van der Waals surface area (Å²) < 4.78 is 25.7. The lowest BCUT2D eigenvalue weighted by Gasteiger charge is -2.03. The van der Waals surface area contributed by atoms with Crippen LogP contribution in [-0.2, 0) is 9.84 Å². The molecule has 0 saturated carbocycles. The van der Waals surface area contributed by atoms with Crippen molar-refractivity contribution in [2.24, 2.45) is 0 Å². The van der Waals surface area contributed by atoms with Crippen LogP contribution in [0.15, 0.2) is 45.5 Å². The van der Waals surface area contributed by atoms with Gasteiger partial charge in [-0.25, -0.2) is 8.42 Å². The van der Waals surface area contributed by atoms with Crippen molar-refractivity contribution in [3.05, 3.63) is 46.8 Å². The number of fused-ring (bicyclic) bond motifs is 3. The van der Waals surface area contributed by atoms with Crippen molar-refractivity contribution in [1.29, 1.82) is 0 Å². The number of benzene rings is 1. The molecule has 3 heterocycles. The quantitative estimate of drug-likeness (QED) is 0.496. The van der Waals surface area contributed by atoms with E-state index in [0.717, 1.165) is 31.3 Å². The summed E-state index contributed by atoms with van der Waals surface area (Å²) in [5.41, 5.74) is 2.82. The standard InChI is InChI=1S/C16H12O2S3/c1-9-8-19-13-14-16(21(17,18)15(9)13)10(2)12(20-14)11-6-4-3-5-7-11/h3-8H,1-2H3. The van der Waals surface area contributed by atoms with Crippen LogP contribution >= 0.6 is 22.7 Å². The molecule has 2 nitrogen and oxygen atoms in total. The fourth-order valence-corrected chi connectivity index (χ4v) is 8.26. The lowest BCUT2D eigenvalue weighted by atomic mass is 10.1. The summed E-state index contributed by atoms with van der Waals surface area (Å²) in [6, 6.07) is 9.99. The zero-order chi connectivity index (χ0) is 14.8. The molecular weight excluding hydrogens is 320 g/mol. The Morgan fingerprint density at radius 1 is 0.905 bits per heavy atom. The van der Waals surface area contributed by atoms with Gasteiger partial charge in [0, 0.05) is 4.88 Å². The van der Waals surface area contributed by atoms with Crippen LogP contribution < -0.4 is 0 Å². The lowest BCUT2D eigenvalue weighted by molar-refractivity contribution is 0.598. The van der Waals surface area contributed by atoms with Gasteiger partial charge in [-0.3, -0.25) is 0 Å². The van der Waals surface area contributed by atoms with Crippen LogP contribution in [0.3, 0.4) is 0 Å². The molecule has 1 aliphatic heterocycles. The molecular formula is C16H12O2S3. The lowest BCUT2D eigenvalue weighted by Crippen LogP contribution is -1.99. The van der Waals surface area contributed by atoms with Gasteiger partial charge in [-0.1, -0.05) is 30.3 Å². The van der Waals surface area contributed by atoms with Gasteiger partial charge in [-0.15, -0.1) is 22.7 Å². The summed E-state index contributed by atoms with van der Waals surface area (Å²) in [5, 5.41) is 1.93. The minimum atomic E-state index is -3.35. The second-order valence-corrected chi connectivity index (χ2v) is 8.88. The Bertz CT molecular complexity index is 961. The van der Waals surface area contributed by atoms with E-state index in [1.54, 1.807) is 11.3 Å². The highest BCUT2D eigenvalue weighted by atomic mass is 32.2. The van der Waals surface area contributed by atoms with Gasteiger partial charge in [-0.05, 0) is 35.9 Å². The Kier molecular flexibility index (Phi) is 2.70. The molecule has 0 aliphatic carbocycles. The molecule has 4 rings (SSSR count). The van der Waals surface area contributed by atoms with Gasteiger partial charge >= 0.3 is 0 Å². The van der Waals surface area contributed by atoms with E-state index >= 15 is 0 Å². The maximum absolute atomic E-state index is 12.8. The van der Waals surface area contributed by atoms with Gasteiger partial charge in [0.1, 0.15) is 0 Å². The summed E-state index contributed by atoms with van der Waals surface area (Å²) in [4.78, 5) is 3.94. The van der Waals surface area contributed by atoms with Crippen LogP contribution in [0.5, 0.6) is 0 Å². The van der Waals surface area contributed by atoms with E-state index < -0.39 is 9.84 Å². The largest absolute Gasteiger partial charge is 0.218 e. The number of sulfone groups is 1. The maximum Gasteiger partial charge on any atom is 0.210 e. The Balaban J connectivity index is 2.06. The molecule has 0 fully saturated rings. The number of rotatable bonds is 1.